The fourth-order valence-corrected chi connectivity index (χ4v) is 3.61. The molecule has 25 heavy (non-hydrogen) atoms. The lowest BCUT2D eigenvalue weighted by molar-refractivity contribution is 0.0998. The molecule has 1 heterocycles. The summed E-state index contributed by atoms with van der Waals surface area (Å²) in [6, 6.07) is 16.7. The first-order valence-electron chi connectivity index (χ1n) is 7.51. The number of anilines is 1. The quantitative estimate of drug-likeness (QED) is 0.640. The zero-order valence-corrected chi connectivity index (χ0v) is 15.8. The minimum atomic E-state index is -0.479. The number of rotatable bonds is 4. The third-order valence-electron chi connectivity index (χ3n) is 3.71. The lowest BCUT2D eigenvalue weighted by atomic mass is 10.1. The topological polar surface area (TPSA) is 72.2 Å². The van der Waals surface area contributed by atoms with Crippen molar-refractivity contribution in [1.29, 1.82) is 0 Å². The normalized spacial score (nSPS) is 10.5. The maximum atomic E-state index is 12.4. The van der Waals surface area contributed by atoms with Crippen LogP contribution in [0.25, 0.3) is 10.4 Å². The van der Waals surface area contributed by atoms with Gasteiger partial charge in [0.05, 0.1) is 4.88 Å². The highest BCUT2D eigenvalue weighted by Gasteiger charge is 2.12. The van der Waals surface area contributed by atoms with Crippen molar-refractivity contribution in [3.8, 4) is 10.4 Å². The molecule has 0 bridgehead atoms. The van der Waals surface area contributed by atoms with Crippen LogP contribution in [0.1, 0.15) is 25.6 Å². The van der Waals surface area contributed by atoms with E-state index in [2.05, 4.69) is 21.2 Å². The van der Waals surface area contributed by atoms with Gasteiger partial charge in [-0.15, -0.1) is 11.3 Å². The molecule has 1 aromatic heterocycles. The van der Waals surface area contributed by atoms with Gasteiger partial charge in [-0.25, -0.2) is 0 Å². The predicted octanol–water partition coefficient (Wildman–Crippen LogP) is 4.84. The number of primary amides is 1. The van der Waals surface area contributed by atoms with Crippen molar-refractivity contribution < 1.29 is 9.59 Å². The molecule has 0 aliphatic carbocycles. The monoisotopic (exact) mass is 414 g/mol. The highest BCUT2D eigenvalue weighted by atomic mass is 79.9. The van der Waals surface area contributed by atoms with E-state index in [0.29, 0.717) is 16.1 Å². The summed E-state index contributed by atoms with van der Waals surface area (Å²) in [6.45, 7) is 1.78. The van der Waals surface area contributed by atoms with Gasteiger partial charge in [0.1, 0.15) is 0 Å². The number of aryl methyl sites for hydroxylation is 1. The van der Waals surface area contributed by atoms with Gasteiger partial charge in [-0.1, -0.05) is 28.1 Å². The average molecular weight is 415 g/mol. The van der Waals surface area contributed by atoms with Crippen LogP contribution in [0.5, 0.6) is 0 Å². The first kappa shape index (κ1) is 17.4. The predicted molar refractivity (Wildman–Crippen MR) is 105 cm³/mol. The van der Waals surface area contributed by atoms with Crippen LogP contribution in [-0.4, -0.2) is 11.8 Å². The van der Waals surface area contributed by atoms with Gasteiger partial charge in [0, 0.05) is 20.6 Å². The van der Waals surface area contributed by atoms with Crippen LogP contribution >= 0.6 is 27.3 Å². The zero-order chi connectivity index (χ0) is 18.0. The molecule has 0 saturated heterocycles. The van der Waals surface area contributed by atoms with Crippen LogP contribution in [0.4, 0.5) is 5.69 Å². The van der Waals surface area contributed by atoms with Gasteiger partial charge in [-0.2, -0.15) is 0 Å². The van der Waals surface area contributed by atoms with Crippen molar-refractivity contribution in [2.45, 2.75) is 6.92 Å². The summed E-state index contributed by atoms with van der Waals surface area (Å²) < 4.78 is 1.01. The van der Waals surface area contributed by atoms with Crippen LogP contribution in [0.3, 0.4) is 0 Å². The van der Waals surface area contributed by atoms with E-state index < -0.39 is 5.91 Å². The molecule has 3 aromatic rings. The molecule has 2 aromatic carbocycles. The maximum absolute atomic E-state index is 12.4. The van der Waals surface area contributed by atoms with Crippen molar-refractivity contribution in [1.82, 2.24) is 0 Å². The molecule has 0 fully saturated rings. The van der Waals surface area contributed by atoms with Crippen LogP contribution in [-0.2, 0) is 0 Å². The number of carbonyl (C=O) groups excluding carboxylic acids is 2. The molecule has 6 heteroatoms. The minimum Gasteiger partial charge on any atom is -0.366 e. The Labute approximate surface area is 157 Å². The fraction of sp³-hybridized carbons (Fsp3) is 0.0526. The molecule has 4 nitrogen and oxygen atoms in total. The smallest absolute Gasteiger partial charge is 0.265 e. The van der Waals surface area contributed by atoms with E-state index in [-0.39, 0.29) is 5.91 Å². The van der Waals surface area contributed by atoms with Gasteiger partial charge in [0.15, 0.2) is 0 Å². The Morgan fingerprint density at radius 2 is 1.76 bits per heavy atom. The number of hydrogen-bond donors (Lipinski definition) is 2. The van der Waals surface area contributed by atoms with E-state index in [1.54, 1.807) is 25.1 Å². The average Bonchev–Trinajstić information content (AvgIpc) is 3.05. The van der Waals surface area contributed by atoms with Crippen molar-refractivity contribution in [2.24, 2.45) is 5.73 Å². The molecule has 0 spiro atoms. The molecule has 3 N–H and O–H groups in total. The summed E-state index contributed by atoms with van der Waals surface area (Å²) in [5.74, 6) is -0.660. The van der Waals surface area contributed by atoms with Gasteiger partial charge < -0.3 is 11.1 Å². The largest absolute Gasteiger partial charge is 0.366 e. The standard InChI is InChI=1S/C19H15BrN2O2S/c1-11-10-14(6-7-15(11)18(21)23)22-19(24)17-9-8-16(25-17)12-2-4-13(20)5-3-12/h2-10H,1H3,(H2,21,23)(H,22,24). The number of nitrogens with one attached hydrogen (secondary N) is 1. The molecule has 3 rings (SSSR count). The Bertz CT molecular complexity index is 948. The minimum absolute atomic E-state index is 0.181. The number of hydrogen-bond acceptors (Lipinski definition) is 3. The third-order valence-corrected chi connectivity index (χ3v) is 5.37. The lowest BCUT2D eigenvalue weighted by Gasteiger charge is -2.07. The Morgan fingerprint density at radius 1 is 1.04 bits per heavy atom. The summed E-state index contributed by atoms with van der Waals surface area (Å²) in [4.78, 5) is 25.4. The van der Waals surface area contributed by atoms with Crippen LogP contribution < -0.4 is 11.1 Å². The second-order valence-electron chi connectivity index (χ2n) is 5.52. The second kappa shape index (κ2) is 7.21. The highest BCUT2D eigenvalue weighted by Crippen LogP contribution is 2.29. The number of thiophene rings is 1. The summed E-state index contributed by atoms with van der Waals surface area (Å²) in [7, 11) is 0. The first-order chi connectivity index (χ1) is 11.9. The molecular weight excluding hydrogens is 400 g/mol. The van der Waals surface area contributed by atoms with Gasteiger partial charge >= 0.3 is 0 Å². The van der Waals surface area contributed by atoms with Crippen LogP contribution in [0, 0.1) is 6.92 Å². The van der Waals surface area contributed by atoms with E-state index in [1.807, 2.05) is 36.4 Å². The van der Waals surface area contributed by atoms with E-state index in [4.69, 9.17) is 5.73 Å². The maximum Gasteiger partial charge on any atom is 0.265 e. The molecule has 2 amide bonds. The molecule has 126 valence electrons. The SMILES string of the molecule is Cc1cc(NC(=O)c2ccc(-c3ccc(Br)cc3)s2)ccc1C(N)=O. The number of benzene rings is 2. The molecule has 0 aliphatic heterocycles. The number of carbonyl (C=O) groups is 2. The number of nitrogens with two attached hydrogens (primary N) is 1. The van der Waals surface area contributed by atoms with Gasteiger partial charge in [-0.05, 0) is 60.5 Å². The molecule has 0 saturated carbocycles. The number of halogens is 1. The van der Waals surface area contributed by atoms with Crippen LogP contribution in [0.15, 0.2) is 59.1 Å². The van der Waals surface area contributed by atoms with E-state index in [9.17, 15) is 9.59 Å². The van der Waals surface area contributed by atoms with E-state index in [0.717, 1.165) is 20.5 Å². The molecule has 0 aliphatic rings. The van der Waals surface area contributed by atoms with E-state index in [1.165, 1.54) is 11.3 Å². The Kier molecular flexibility index (Phi) is 5.01. The zero-order valence-electron chi connectivity index (χ0n) is 13.4. The second-order valence-corrected chi connectivity index (χ2v) is 7.52. The summed E-state index contributed by atoms with van der Waals surface area (Å²) in [5.41, 5.74) is 8.17. The highest BCUT2D eigenvalue weighted by molar-refractivity contribution is 9.10. The van der Waals surface area contributed by atoms with E-state index >= 15 is 0 Å². The van der Waals surface area contributed by atoms with Crippen molar-refractivity contribution in [3.05, 3.63) is 75.1 Å². The Morgan fingerprint density at radius 3 is 2.40 bits per heavy atom. The first-order valence-corrected chi connectivity index (χ1v) is 9.12. The summed E-state index contributed by atoms with van der Waals surface area (Å²) >= 11 is 4.84. The molecule has 0 radical (unpaired) electrons. The summed E-state index contributed by atoms with van der Waals surface area (Å²) in [5, 5.41) is 2.85. The van der Waals surface area contributed by atoms with Crippen molar-refractivity contribution in [2.75, 3.05) is 5.32 Å². The number of amides is 2. The van der Waals surface area contributed by atoms with Crippen molar-refractivity contribution >= 4 is 44.8 Å². The Balaban J connectivity index is 1.77. The molecule has 0 unspecified atom stereocenters. The fourth-order valence-electron chi connectivity index (χ4n) is 2.44. The van der Waals surface area contributed by atoms with Gasteiger partial charge in [0.2, 0.25) is 5.91 Å². The molecule has 0 atom stereocenters. The van der Waals surface area contributed by atoms with Crippen molar-refractivity contribution in [3.63, 3.8) is 0 Å². The van der Waals surface area contributed by atoms with Gasteiger partial charge in [-0.3, -0.25) is 9.59 Å². The van der Waals surface area contributed by atoms with Crippen LogP contribution in [0.2, 0.25) is 0 Å². The molecular formula is C19H15BrN2O2S. The third kappa shape index (κ3) is 3.97. The van der Waals surface area contributed by atoms with Gasteiger partial charge in [0.25, 0.3) is 5.91 Å². The summed E-state index contributed by atoms with van der Waals surface area (Å²) in [6.07, 6.45) is 0. The lowest BCUT2D eigenvalue weighted by Crippen LogP contribution is -2.14. The Hall–Kier alpha value is -2.44.